The molecule has 0 N–H and O–H groups in total. The van der Waals surface area contributed by atoms with Gasteiger partial charge in [0.2, 0.25) is 0 Å². The topological polar surface area (TPSA) is 31.4 Å². The number of hydrogen-bond acceptors (Lipinski definition) is 3. The van der Waals surface area contributed by atoms with Crippen LogP contribution in [0, 0.1) is 13.8 Å². The van der Waals surface area contributed by atoms with Crippen molar-refractivity contribution in [3.05, 3.63) is 119 Å². The van der Waals surface area contributed by atoms with Crippen molar-refractivity contribution in [3.8, 4) is 22.4 Å². The Morgan fingerprint density at radius 2 is 1.24 bits per heavy atom. The highest BCUT2D eigenvalue weighted by Crippen LogP contribution is 2.53. The third kappa shape index (κ3) is 3.85. The van der Waals surface area contributed by atoms with Crippen molar-refractivity contribution in [3.63, 3.8) is 0 Å². The van der Waals surface area contributed by atoms with Gasteiger partial charge in [0.15, 0.2) is 0 Å². The molecule has 7 rings (SSSR count). The lowest BCUT2D eigenvalue weighted by Gasteiger charge is -2.32. The minimum atomic E-state index is -0.464. The summed E-state index contributed by atoms with van der Waals surface area (Å²) in [6, 6.07) is 31.2. The molecule has 1 aliphatic heterocycles. The summed E-state index contributed by atoms with van der Waals surface area (Å²) in [6.07, 6.45) is 1.95. The fourth-order valence-corrected chi connectivity index (χ4v) is 6.82. The second-order valence-corrected chi connectivity index (χ2v) is 13.0. The lowest BCUT2D eigenvalue weighted by atomic mass is 9.73. The van der Waals surface area contributed by atoms with E-state index in [4.69, 9.17) is 14.3 Å². The summed E-state index contributed by atoms with van der Waals surface area (Å²) in [5.41, 5.74) is 11.1. The first kappa shape index (κ1) is 26.2. The third-order valence-corrected chi connectivity index (χ3v) is 9.72. The van der Waals surface area contributed by atoms with Gasteiger partial charge in [0.1, 0.15) is 0 Å². The zero-order chi connectivity index (χ0) is 28.7. The number of rotatable bonds is 3. The molecule has 1 unspecified atom stereocenters. The van der Waals surface area contributed by atoms with E-state index in [1.807, 2.05) is 6.20 Å². The normalized spacial score (nSPS) is 20.3. The Bertz CT molecular complexity index is 1820. The van der Waals surface area contributed by atoms with Gasteiger partial charge in [-0.05, 0) is 87.7 Å². The summed E-state index contributed by atoms with van der Waals surface area (Å²) >= 11 is 0. The minimum Gasteiger partial charge on any atom is -0.399 e. The van der Waals surface area contributed by atoms with Crippen LogP contribution in [0.15, 0.2) is 91.1 Å². The molecule has 0 amide bonds. The number of aromatic nitrogens is 1. The maximum Gasteiger partial charge on any atom is 0.497 e. The first-order chi connectivity index (χ1) is 19.5. The van der Waals surface area contributed by atoms with E-state index in [1.54, 1.807) is 0 Å². The lowest BCUT2D eigenvalue weighted by molar-refractivity contribution is 0.00578. The van der Waals surface area contributed by atoms with Crippen LogP contribution in [0.1, 0.15) is 62.4 Å². The number of nitrogens with zero attached hydrogens (tertiary/aromatic N) is 1. The van der Waals surface area contributed by atoms with Crippen LogP contribution in [-0.2, 0) is 14.7 Å². The van der Waals surface area contributed by atoms with Crippen LogP contribution in [0.3, 0.4) is 0 Å². The van der Waals surface area contributed by atoms with E-state index >= 15 is 0 Å². The van der Waals surface area contributed by atoms with Gasteiger partial charge in [-0.25, -0.2) is 0 Å². The van der Waals surface area contributed by atoms with Crippen LogP contribution in [0.4, 0.5) is 0 Å². The highest BCUT2D eigenvalue weighted by atomic mass is 16.7. The van der Waals surface area contributed by atoms with Crippen molar-refractivity contribution >= 4 is 23.4 Å². The standard InChI is InChI=1S/C37H36BNO2/c1-23-18-24(2)20-26(19-23)37(7)31-15-11-10-12-27(31)28-17-16-25(21-32(28)37)34-30-14-9-8-13-29(30)33(22-39-34)38-40-35(3,4)36(5,6)41-38/h8-22H,1-7H3. The maximum atomic E-state index is 6.43. The van der Waals surface area contributed by atoms with Crippen molar-refractivity contribution in [2.24, 2.45) is 0 Å². The van der Waals surface area contributed by atoms with Gasteiger partial charge in [0.05, 0.1) is 16.9 Å². The SMILES string of the molecule is Cc1cc(C)cc(C2(C)c3ccccc3-c3ccc(-c4ncc(B5OC(C)(C)C(C)(C)O5)c5ccccc45)cc32)c1. The zero-order valence-corrected chi connectivity index (χ0v) is 25.0. The summed E-state index contributed by atoms with van der Waals surface area (Å²) in [5.74, 6) is 0. The van der Waals surface area contributed by atoms with Crippen LogP contribution in [0.2, 0.25) is 0 Å². The molecule has 2 heterocycles. The van der Waals surface area contributed by atoms with Gasteiger partial charge in [-0.3, -0.25) is 4.98 Å². The zero-order valence-electron chi connectivity index (χ0n) is 25.0. The summed E-state index contributed by atoms with van der Waals surface area (Å²) in [6.45, 7) is 15.1. The molecule has 1 fully saturated rings. The summed E-state index contributed by atoms with van der Waals surface area (Å²) in [5, 5.41) is 2.21. The van der Waals surface area contributed by atoms with Gasteiger partial charge in [-0.1, -0.05) is 90.0 Å². The monoisotopic (exact) mass is 537 g/mol. The molecular weight excluding hydrogens is 501 g/mol. The first-order valence-corrected chi connectivity index (χ1v) is 14.6. The van der Waals surface area contributed by atoms with E-state index in [0.717, 1.165) is 27.5 Å². The molecule has 3 nitrogen and oxygen atoms in total. The highest BCUT2D eigenvalue weighted by molar-refractivity contribution is 6.65. The number of pyridine rings is 1. The second-order valence-electron chi connectivity index (χ2n) is 13.0. The predicted octanol–water partition coefficient (Wildman–Crippen LogP) is 8.15. The molecule has 41 heavy (non-hydrogen) atoms. The van der Waals surface area contributed by atoms with E-state index in [0.29, 0.717) is 0 Å². The Kier molecular flexibility index (Phi) is 5.68. The van der Waals surface area contributed by atoms with E-state index < -0.39 is 18.3 Å². The molecule has 4 heteroatoms. The van der Waals surface area contributed by atoms with Gasteiger partial charge in [0.25, 0.3) is 0 Å². The third-order valence-electron chi connectivity index (χ3n) is 9.72. The molecule has 5 aromatic rings. The number of aryl methyl sites for hydroxylation is 2. The molecule has 0 saturated carbocycles. The number of benzene rings is 4. The Labute approximate surface area is 243 Å². The van der Waals surface area contributed by atoms with Crippen molar-refractivity contribution in [1.29, 1.82) is 0 Å². The average molecular weight is 538 g/mol. The molecule has 1 aliphatic carbocycles. The van der Waals surface area contributed by atoms with E-state index in [9.17, 15) is 0 Å². The Balaban J connectivity index is 1.41. The molecule has 4 aromatic carbocycles. The molecule has 1 atom stereocenters. The molecule has 2 aliphatic rings. The average Bonchev–Trinajstić information content (AvgIpc) is 3.33. The summed E-state index contributed by atoms with van der Waals surface area (Å²) in [4.78, 5) is 5.08. The molecule has 0 spiro atoms. The summed E-state index contributed by atoms with van der Waals surface area (Å²) in [7, 11) is -0.464. The molecule has 1 saturated heterocycles. The fraction of sp³-hybridized carbons (Fsp3) is 0.270. The number of fused-ring (bicyclic) bond motifs is 4. The van der Waals surface area contributed by atoms with Gasteiger partial charge >= 0.3 is 7.12 Å². The van der Waals surface area contributed by atoms with Crippen molar-refractivity contribution in [1.82, 2.24) is 4.98 Å². The first-order valence-electron chi connectivity index (χ1n) is 14.6. The van der Waals surface area contributed by atoms with Crippen molar-refractivity contribution in [2.75, 3.05) is 0 Å². The molecule has 0 bridgehead atoms. The quantitative estimate of drug-likeness (QED) is 0.218. The Morgan fingerprint density at radius 3 is 1.95 bits per heavy atom. The fourth-order valence-electron chi connectivity index (χ4n) is 6.82. The highest BCUT2D eigenvalue weighted by Gasteiger charge is 2.52. The van der Waals surface area contributed by atoms with Crippen LogP contribution in [0.5, 0.6) is 0 Å². The predicted molar refractivity (Wildman–Crippen MR) is 170 cm³/mol. The van der Waals surface area contributed by atoms with E-state index in [-0.39, 0.29) is 5.41 Å². The molecule has 0 radical (unpaired) electrons. The minimum absolute atomic E-state index is 0.267. The van der Waals surface area contributed by atoms with Gasteiger partial charge in [-0.15, -0.1) is 0 Å². The Morgan fingerprint density at radius 1 is 0.634 bits per heavy atom. The lowest BCUT2D eigenvalue weighted by Crippen LogP contribution is -2.41. The molecule has 204 valence electrons. The number of hydrogen-bond donors (Lipinski definition) is 0. The van der Waals surface area contributed by atoms with Crippen LogP contribution in [0.25, 0.3) is 33.2 Å². The smallest absolute Gasteiger partial charge is 0.399 e. The van der Waals surface area contributed by atoms with Crippen LogP contribution in [-0.4, -0.2) is 23.3 Å². The molecular formula is C37H36BNO2. The summed E-state index contributed by atoms with van der Waals surface area (Å²) < 4.78 is 12.9. The largest absolute Gasteiger partial charge is 0.497 e. The van der Waals surface area contributed by atoms with Crippen LogP contribution < -0.4 is 5.46 Å². The maximum absolute atomic E-state index is 6.43. The molecule has 1 aromatic heterocycles. The Hall–Kier alpha value is -3.73. The van der Waals surface area contributed by atoms with Gasteiger partial charge in [0, 0.05) is 28.0 Å². The van der Waals surface area contributed by atoms with Crippen molar-refractivity contribution < 1.29 is 9.31 Å². The van der Waals surface area contributed by atoms with E-state index in [2.05, 4.69) is 133 Å². The van der Waals surface area contributed by atoms with E-state index in [1.165, 1.54) is 38.9 Å². The van der Waals surface area contributed by atoms with Gasteiger partial charge < -0.3 is 9.31 Å². The van der Waals surface area contributed by atoms with Crippen molar-refractivity contribution in [2.45, 2.75) is 65.1 Å². The second kappa shape index (κ2) is 8.89. The van der Waals surface area contributed by atoms with Gasteiger partial charge in [-0.2, -0.15) is 0 Å². The van der Waals surface area contributed by atoms with Crippen LogP contribution >= 0.6 is 0 Å².